The Hall–Kier alpha value is -3.04. The van der Waals surface area contributed by atoms with Crippen LogP contribution in [0.2, 0.25) is 5.02 Å². The molecule has 0 bridgehead atoms. The largest absolute Gasteiger partial charge is 0.388 e. The fraction of sp³-hybridized carbons (Fsp3) is 0.350. The average molecular weight is 427 g/mol. The highest BCUT2D eigenvalue weighted by atomic mass is 35.5. The Labute approximate surface area is 175 Å². The first-order chi connectivity index (χ1) is 14.5. The van der Waals surface area contributed by atoms with E-state index in [1.807, 2.05) is 6.92 Å². The highest BCUT2D eigenvalue weighted by molar-refractivity contribution is 6.30. The van der Waals surface area contributed by atoms with E-state index in [9.17, 15) is 9.90 Å². The molecule has 0 spiro atoms. The lowest BCUT2D eigenvalue weighted by molar-refractivity contribution is 0.174. The molecule has 1 aromatic carbocycles. The van der Waals surface area contributed by atoms with Gasteiger partial charge >= 0.3 is 0 Å². The lowest BCUT2D eigenvalue weighted by Crippen LogP contribution is -2.24. The van der Waals surface area contributed by atoms with Gasteiger partial charge < -0.3 is 9.63 Å². The summed E-state index contributed by atoms with van der Waals surface area (Å²) < 4.78 is 8.34. The van der Waals surface area contributed by atoms with E-state index in [4.69, 9.17) is 16.1 Å². The van der Waals surface area contributed by atoms with Crippen LogP contribution in [0.5, 0.6) is 0 Å². The normalized spacial score (nSPS) is 15.0. The number of hydrogen-bond acceptors (Lipinski definition) is 7. The second kappa shape index (κ2) is 7.33. The van der Waals surface area contributed by atoms with E-state index < -0.39 is 6.10 Å². The predicted octanol–water partition coefficient (Wildman–Crippen LogP) is 2.44. The molecule has 1 aliphatic carbocycles. The van der Waals surface area contributed by atoms with Crippen LogP contribution < -0.4 is 5.56 Å². The minimum Gasteiger partial charge on any atom is -0.388 e. The van der Waals surface area contributed by atoms with E-state index in [2.05, 4.69) is 20.2 Å². The van der Waals surface area contributed by atoms with Crippen LogP contribution in [0, 0.1) is 6.92 Å². The SMILES string of the molecule is Cc1nc(C2CC2)n2ncn(Cc3nc(CC(O)c4ccc(Cl)cc4)no3)c(=O)c12. The maximum atomic E-state index is 12.9. The number of rotatable bonds is 6. The van der Waals surface area contributed by atoms with Crippen LogP contribution in [0.15, 0.2) is 39.9 Å². The van der Waals surface area contributed by atoms with Crippen LogP contribution in [0.4, 0.5) is 0 Å². The molecule has 1 unspecified atom stereocenters. The minimum absolute atomic E-state index is 0.0930. The van der Waals surface area contributed by atoms with Crippen LogP contribution in [-0.4, -0.2) is 34.4 Å². The standard InChI is InChI=1S/C20H19ClN6O3/c1-11-18-20(29)26(10-22-27(18)19(23-11)13-2-3-13)9-17-24-16(25-30-17)8-15(28)12-4-6-14(21)7-5-12/h4-7,10,13,15,28H,2-3,8-9H2,1H3. The lowest BCUT2D eigenvalue weighted by atomic mass is 10.1. The zero-order chi connectivity index (χ0) is 20.8. The maximum absolute atomic E-state index is 12.9. The minimum atomic E-state index is -0.788. The number of benzene rings is 1. The first-order valence-corrected chi connectivity index (χ1v) is 10.1. The van der Waals surface area contributed by atoms with Crippen LogP contribution in [0.1, 0.15) is 53.7 Å². The molecule has 0 amide bonds. The third kappa shape index (κ3) is 3.50. The third-order valence-electron chi connectivity index (χ3n) is 5.21. The molecular formula is C20H19ClN6O3. The van der Waals surface area contributed by atoms with E-state index in [1.165, 1.54) is 10.9 Å². The Morgan fingerprint density at radius 3 is 2.77 bits per heavy atom. The number of aromatic nitrogens is 6. The van der Waals surface area contributed by atoms with Gasteiger partial charge in [0.15, 0.2) is 11.3 Å². The van der Waals surface area contributed by atoms with Crippen molar-refractivity contribution in [3.05, 3.63) is 74.8 Å². The van der Waals surface area contributed by atoms with Gasteiger partial charge in [0.2, 0.25) is 5.89 Å². The van der Waals surface area contributed by atoms with Gasteiger partial charge in [-0.1, -0.05) is 28.9 Å². The van der Waals surface area contributed by atoms with Gasteiger partial charge in [0.05, 0.1) is 11.8 Å². The van der Waals surface area contributed by atoms with Crippen molar-refractivity contribution in [2.45, 2.75) is 44.8 Å². The fourth-order valence-electron chi connectivity index (χ4n) is 3.48. The first kappa shape index (κ1) is 19.0. The number of aryl methyl sites for hydroxylation is 1. The van der Waals surface area contributed by atoms with Crippen molar-refractivity contribution in [2.75, 3.05) is 0 Å². The molecule has 0 aliphatic heterocycles. The van der Waals surface area contributed by atoms with E-state index in [0.29, 0.717) is 33.5 Å². The van der Waals surface area contributed by atoms with Crippen LogP contribution in [-0.2, 0) is 13.0 Å². The first-order valence-electron chi connectivity index (χ1n) is 9.69. The fourth-order valence-corrected chi connectivity index (χ4v) is 3.61. The number of fused-ring (bicyclic) bond motifs is 1. The maximum Gasteiger partial charge on any atom is 0.280 e. The second-order valence-electron chi connectivity index (χ2n) is 7.53. The Balaban J connectivity index is 1.35. The molecular weight excluding hydrogens is 408 g/mol. The summed E-state index contributed by atoms with van der Waals surface area (Å²) in [5.41, 5.74) is 1.64. The molecule has 154 valence electrons. The van der Waals surface area contributed by atoms with Gasteiger partial charge in [-0.15, -0.1) is 0 Å². The molecule has 1 fully saturated rings. The predicted molar refractivity (Wildman–Crippen MR) is 107 cm³/mol. The van der Waals surface area contributed by atoms with Crippen molar-refractivity contribution in [3.8, 4) is 0 Å². The lowest BCUT2D eigenvalue weighted by Gasteiger charge is -2.08. The van der Waals surface area contributed by atoms with Gasteiger partial charge in [-0.2, -0.15) is 10.1 Å². The van der Waals surface area contributed by atoms with Crippen molar-refractivity contribution < 1.29 is 9.63 Å². The zero-order valence-corrected chi connectivity index (χ0v) is 17.0. The molecule has 0 radical (unpaired) electrons. The second-order valence-corrected chi connectivity index (χ2v) is 7.97. The van der Waals surface area contributed by atoms with Crippen LogP contribution in [0.25, 0.3) is 5.52 Å². The number of aliphatic hydroxyl groups excluding tert-OH is 1. The van der Waals surface area contributed by atoms with E-state index in [-0.39, 0.29) is 24.4 Å². The van der Waals surface area contributed by atoms with Crippen molar-refractivity contribution >= 4 is 17.1 Å². The van der Waals surface area contributed by atoms with E-state index >= 15 is 0 Å². The molecule has 1 N–H and O–H groups in total. The summed E-state index contributed by atoms with van der Waals surface area (Å²) in [5, 5.41) is 19.3. The molecule has 1 aliphatic rings. The molecule has 9 nitrogen and oxygen atoms in total. The summed E-state index contributed by atoms with van der Waals surface area (Å²) in [6, 6.07) is 6.92. The molecule has 3 heterocycles. The summed E-state index contributed by atoms with van der Waals surface area (Å²) in [5.74, 6) is 1.86. The molecule has 4 aromatic rings. The van der Waals surface area contributed by atoms with Gasteiger partial charge in [0.25, 0.3) is 5.56 Å². The molecule has 5 rings (SSSR count). The van der Waals surface area contributed by atoms with Gasteiger partial charge in [-0.25, -0.2) is 9.50 Å². The molecule has 1 saturated carbocycles. The molecule has 1 atom stereocenters. The highest BCUT2D eigenvalue weighted by Crippen LogP contribution is 2.39. The monoisotopic (exact) mass is 426 g/mol. The Kier molecular flexibility index (Phi) is 4.63. The van der Waals surface area contributed by atoms with E-state index in [0.717, 1.165) is 18.7 Å². The molecule has 0 saturated heterocycles. The highest BCUT2D eigenvalue weighted by Gasteiger charge is 2.30. The molecule has 10 heteroatoms. The quantitative estimate of drug-likeness (QED) is 0.504. The number of hydrogen-bond donors (Lipinski definition) is 1. The number of imidazole rings is 1. The van der Waals surface area contributed by atoms with Crippen molar-refractivity contribution in [3.63, 3.8) is 0 Å². The van der Waals surface area contributed by atoms with Crippen molar-refractivity contribution in [1.82, 2.24) is 29.3 Å². The Morgan fingerprint density at radius 2 is 2.03 bits per heavy atom. The number of halogens is 1. The Morgan fingerprint density at radius 1 is 1.27 bits per heavy atom. The van der Waals surface area contributed by atoms with Gasteiger partial charge in [0.1, 0.15) is 18.7 Å². The van der Waals surface area contributed by atoms with Gasteiger partial charge in [-0.05, 0) is 37.5 Å². The molecule has 30 heavy (non-hydrogen) atoms. The smallest absolute Gasteiger partial charge is 0.280 e. The third-order valence-corrected chi connectivity index (χ3v) is 5.46. The summed E-state index contributed by atoms with van der Waals surface area (Å²) in [6.45, 7) is 1.91. The Bertz CT molecular complexity index is 1270. The van der Waals surface area contributed by atoms with Gasteiger partial charge in [-0.3, -0.25) is 9.36 Å². The van der Waals surface area contributed by atoms with Crippen molar-refractivity contribution in [1.29, 1.82) is 0 Å². The molecule has 3 aromatic heterocycles. The van der Waals surface area contributed by atoms with Crippen LogP contribution >= 0.6 is 11.6 Å². The van der Waals surface area contributed by atoms with Crippen molar-refractivity contribution in [2.24, 2.45) is 0 Å². The number of aliphatic hydroxyl groups is 1. The summed E-state index contributed by atoms with van der Waals surface area (Å²) in [7, 11) is 0. The van der Waals surface area contributed by atoms with Gasteiger partial charge in [0, 0.05) is 17.4 Å². The summed E-state index contributed by atoms with van der Waals surface area (Å²) in [4.78, 5) is 21.8. The van der Waals surface area contributed by atoms with Crippen LogP contribution in [0.3, 0.4) is 0 Å². The summed E-state index contributed by atoms with van der Waals surface area (Å²) >= 11 is 5.88. The topological polar surface area (TPSA) is 111 Å². The average Bonchev–Trinajstić information content (AvgIpc) is 3.39. The summed E-state index contributed by atoms with van der Waals surface area (Å²) in [6.07, 6.45) is 3.02. The number of nitrogens with zero attached hydrogens (tertiary/aromatic N) is 6. The zero-order valence-electron chi connectivity index (χ0n) is 16.2. The van der Waals surface area contributed by atoms with E-state index in [1.54, 1.807) is 28.8 Å².